The Balaban J connectivity index is 2.33. The van der Waals surface area contributed by atoms with E-state index in [1.807, 2.05) is 31.3 Å². The molecule has 0 atom stereocenters. The van der Waals surface area contributed by atoms with Gasteiger partial charge >= 0.3 is 0 Å². The van der Waals surface area contributed by atoms with Crippen LogP contribution in [0.1, 0.15) is 11.3 Å². The summed E-state index contributed by atoms with van der Waals surface area (Å²) in [5.41, 5.74) is 3.23. The third-order valence-electron chi connectivity index (χ3n) is 2.33. The summed E-state index contributed by atoms with van der Waals surface area (Å²) in [6.07, 6.45) is 0. The molecule has 0 saturated heterocycles. The molecule has 1 N–H and O–H groups in total. The average molecular weight is 202 g/mol. The molecular formula is C12H14N2O. The second-order valence-corrected chi connectivity index (χ2v) is 3.53. The highest BCUT2D eigenvalue weighted by Crippen LogP contribution is 2.23. The maximum Gasteiger partial charge on any atom is 0.167 e. The lowest BCUT2D eigenvalue weighted by atomic mass is 10.1. The van der Waals surface area contributed by atoms with Gasteiger partial charge in [0.2, 0.25) is 0 Å². The van der Waals surface area contributed by atoms with E-state index in [0.717, 1.165) is 23.6 Å². The van der Waals surface area contributed by atoms with Crippen LogP contribution in [0, 0.1) is 6.92 Å². The van der Waals surface area contributed by atoms with Gasteiger partial charge in [-0.1, -0.05) is 29.4 Å². The standard InChI is InChI=1S/C12H14N2O/c1-9-5-3-4-6-11(9)12-7-10(8-13-2)14-15-12/h3-7,13H,8H2,1-2H3. The first-order valence-corrected chi connectivity index (χ1v) is 4.97. The molecule has 0 aliphatic rings. The first kappa shape index (κ1) is 9.93. The molecule has 2 rings (SSSR count). The van der Waals surface area contributed by atoms with Gasteiger partial charge in [0.1, 0.15) is 0 Å². The van der Waals surface area contributed by atoms with E-state index in [-0.39, 0.29) is 0 Å². The number of aromatic nitrogens is 1. The zero-order valence-corrected chi connectivity index (χ0v) is 8.95. The summed E-state index contributed by atoms with van der Waals surface area (Å²) in [5.74, 6) is 0.832. The highest BCUT2D eigenvalue weighted by molar-refractivity contribution is 5.61. The molecule has 0 fully saturated rings. The van der Waals surface area contributed by atoms with Crippen molar-refractivity contribution in [3.05, 3.63) is 41.6 Å². The first-order chi connectivity index (χ1) is 7.31. The third kappa shape index (κ3) is 2.07. The van der Waals surface area contributed by atoms with Crippen LogP contribution < -0.4 is 5.32 Å². The fourth-order valence-electron chi connectivity index (χ4n) is 1.55. The fourth-order valence-corrected chi connectivity index (χ4v) is 1.55. The molecule has 0 bridgehead atoms. The van der Waals surface area contributed by atoms with Gasteiger partial charge in [-0.3, -0.25) is 0 Å². The predicted octanol–water partition coefficient (Wildman–Crippen LogP) is 2.37. The van der Waals surface area contributed by atoms with Gasteiger partial charge in [0.25, 0.3) is 0 Å². The van der Waals surface area contributed by atoms with E-state index in [9.17, 15) is 0 Å². The number of benzene rings is 1. The van der Waals surface area contributed by atoms with Crippen LogP contribution in [0.25, 0.3) is 11.3 Å². The molecular weight excluding hydrogens is 188 g/mol. The SMILES string of the molecule is CNCc1cc(-c2ccccc2C)on1. The molecule has 78 valence electrons. The Kier molecular flexibility index (Phi) is 2.83. The predicted molar refractivity (Wildman–Crippen MR) is 59.4 cm³/mol. The Labute approximate surface area is 89.1 Å². The Morgan fingerprint density at radius 1 is 1.33 bits per heavy atom. The minimum atomic E-state index is 0.732. The topological polar surface area (TPSA) is 38.1 Å². The molecule has 0 aliphatic heterocycles. The van der Waals surface area contributed by atoms with E-state index in [2.05, 4.69) is 23.5 Å². The van der Waals surface area contributed by atoms with Crippen LogP contribution in [0.3, 0.4) is 0 Å². The summed E-state index contributed by atoms with van der Waals surface area (Å²) in [7, 11) is 1.89. The molecule has 3 nitrogen and oxygen atoms in total. The largest absolute Gasteiger partial charge is 0.356 e. The molecule has 2 aromatic rings. The molecule has 3 heteroatoms. The molecule has 1 heterocycles. The van der Waals surface area contributed by atoms with E-state index >= 15 is 0 Å². The van der Waals surface area contributed by atoms with Crippen molar-refractivity contribution in [3.63, 3.8) is 0 Å². The van der Waals surface area contributed by atoms with E-state index < -0.39 is 0 Å². The van der Waals surface area contributed by atoms with Crippen molar-refractivity contribution < 1.29 is 4.52 Å². The average Bonchev–Trinajstić information content (AvgIpc) is 2.68. The maximum absolute atomic E-state index is 5.29. The Hall–Kier alpha value is -1.61. The van der Waals surface area contributed by atoms with Gasteiger partial charge in [0, 0.05) is 18.2 Å². The normalized spacial score (nSPS) is 10.5. The van der Waals surface area contributed by atoms with Crippen molar-refractivity contribution >= 4 is 0 Å². The summed E-state index contributed by atoms with van der Waals surface area (Å²) < 4.78 is 5.29. The quantitative estimate of drug-likeness (QED) is 0.830. The number of rotatable bonds is 3. The van der Waals surface area contributed by atoms with Crippen LogP contribution in [-0.4, -0.2) is 12.2 Å². The Morgan fingerprint density at radius 3 is 2.87 bits per heavy atom. The highest BCUT2D eigenvalue weighted by Gasteiger charge is 2.07. The zero-order valence-electron chi connectivity index (χ0n) is 8.95. The molecule has 15 heavy (non-hydrogen) atoms. The van der Waals surface area contributed by atoms with Crippen molar-refractivity contribution in [2.75, 3.05) is 7.05 Å². The lowest BCUT2D eigenvalue weighted by Gasteiger charge is -1.98. The third-order valence-corrected chi connectivity index (χ3v) is 2.33. The molecule has 1 aromatic heterocycles. The van der Waals surface area contributed by atoms with E-state index in [0.29, 0.717) is 0 Å². The van der Waals surface area contributed by atoms with E-state index in [1.165, 1.54) is 5.56 Å². The highest BCUT2D eigenvalue weighted by atomic mass is 16.5. The Morgan fingerprint density at radius 2 is 2.13 bits per heavy atom. The fraction of sp³-hybridized carbons (Fsp3) is 0.250. The number of nitrogens with zero attached hydrogens (tertiary/aromatic N) is 1. The molecule has 0 aliphatic carbocycles. The van der Waals surface area contributed by atoms with Gasteiger partial charge in [-0.25, -0.2) is 0 Å². The molecule has 0 amide bonds. The van der Waals surface area contributed by atoms with Crippen LogP contribution in [-0.2, 0) is 6.54 Å². The number of aryl methyl sites for hydroxylation is 1. The minimum Gasteiger partial charge on any atom is -0.356 e. The summed E-state index contributed by atoms with van der Waals surface area (Å²) in [6, 6.07) is 10.1. The minimum absolute atomic E-state index is 0.732. The molecule has 1 aromatic carbocycles. The smallest absolute Gasteiger partial charge is 0.167 e. The van der Waals surface area contributed by atoms with Crippen LogP contribution in [0.15, 0.2) is 34.9 Å². The lowest BCUT2D eigenvalue weighted by Crippen LogP contribution is -2.04. The second kappa shape index (κ2) is 4.28. The number of hydrogen-bond donors (Lipinski definition) is 1. The first-order valence-electron chi connectivity index (χ1n) is 4.97. The molecule has 0 saturated carbocycles. The van der Waals surface area contributed by atoms with E-state index in [4.69, 9.17) is 4.52 Å². The van der Waals surface area contributed by atoms with Gasteiger partial charge in [0.05, 0.1) is 5.69 Å². The van der Waals surface area contributed by atoms with Crippen LogP contribution in [0.5, 0.6) is 0 Å². The molecule has 0 radical (unpaired) electrons. The van der Waals surface area contributed by atoms with Crippen LogP contribution >= 0.6 is 0 Å². The van der Waals surface area contributed by atoms with Gasteiger partial charge in [0.15, 0.2) is 5.76 Å². The van der Waals surface area contributed by atoms with Gasteiger partial charge in [-0.05, 0) is 19.5 Å². The summed E-state index contributed by atoms with van der Waals surface area (Å²) in [5, 5.41) is 7.03. The van der Waals surface area contributed by atoms with Gasteiger partial charge in [-0.2, -0.15) is 0 Å². The van der Waals surface area contributed by atoms with Crippen molar-refractivity contribution in [2.24, 2.45) is 0 Å². The maximum atomic E-state index is 5.29. The summed E-state index contributed by atoms with van der Waals surface area (Å²) in [4.78, 5) is 0. The molecule has 0 spiro atoms. The second-order valence-electron chi connectivity index (χ2n) is 3.53. The summed E-state index contributed by atoms with van der Waals surface area (Å²) >= 11 is 0. The lowest BCUT2D eigenvalue weighted by molar-refractivity contribution is 0.421. The van der Waals surface area contributed by atoms with E-state index in [1.54, 1.807) is 0 Å². The van der Waals surface area contributed by atoms with Crippen molar-refractivity contribution in [2.45, 2.75) is 13.5 Å². The van der Waals surface area contributed by atoms with Crippen molar-refractivity contribution in [1.82, 2.24) is 10.5 Å². The van der Waals surface area contributed by atoms with Gasteiger partial charge < -0.3 is 9.84 Å². The monoisotopic (exact) mass is 202 g/mol. The number of nitrogens with one attached hydrogen (secondary N) is 1. The summed E-state index contributed by atoms with van der Waals surface area (Å²) in [6.45, 7) is 2.80. The number of hydrogen-bond acceptors (Lipinski definition) is 3. The Bertz CT molecular complexity index is 448. The van der Waals surface area contributed by atoms with Crippen molar-refractivity contribution in [1.29, 1.82) is 0 Å². The van der Waals surface area contributed by atoms with Crippen LogP contribution in [0.2, 0.25) is 0 Å². The molecule has 0 unspecified atom stereocenters. The van der Waals surface area contributed by atoms with Gasteiger partial charge in [-0.15, -0.1) is 0 Å². The van der Waals surface area contributed by atoms with Crippen molar-refractivity contribution in [3.8, 4) is 11.3 Å². The van der Waals surface area contributed by atoms with Crippen LogP contribution in [0.4, 0.5) is 0 Å². The zero-order chi connectivity index (χ0) is 10.7.